The van der Waals surface area contributed by atoms with E-state index in [9.17, 15) is 14.4 Å². The average Bonchev–Trinajstić information content (AvgIpc) is 2.78. The average molecular weight is 413 g/mol. The number of likely N-dealkylation sites (tertiary alicyclic amines) is 1. The minimum Gasteiger partial charge on any atom is -0.356 e. The van der Waals surface area contributed by atoms with E-state index >= 15 is 0 Å². The second kappa shape index (κ2) is 12.6. The van der Waals surface area contributed by atoms with Gasteiger partial charge in [0.15, 0.2) is 0 Å². The van der Waals surface area contributed by atoms with E-state index in [1.54, 1.807) is 9.80 Å². The van der Waals surface area contributed by atoms with Gasteiger partial charge in [-0.1, -0.05) is 31.5 Å². The van der Waals surface area contributed by atoms with E-state index < -0.39 is 0 Å². The van der Waals surface area contributed by atoms with E-state index in [0.717, 1.165) is 31.4 Å². The van der Waals surface area contributed by atoms with Crippen LogP contribution in [0, 0.1) is 17.2 Å². The number of unbranched alkanes of at least 4 members (excludes halogenated alkanes) is 1. The van der Waals surface area contributed by atoms with Crippen LogP contribution in [0.1, 0.15) is 51.9 Å². The summed E-state index contributed by atoms with van der Waals surface area (Å²) in [5, 5.41) is 11.8. The lowest BCUT2D eigenvalue weighted by atomic mass is 9.96. The molecule has 1 aromatic rings. The maximum atomic E-state index is 12.7. The molecule has 7 nitrogen and oxygen atoms in total. The van der Waals surface area contributed by atoms with Gasteiger partial charge in [-0.2, -0.15) is 5.26 Å². The van der Waals surface area contributed by atoms with Crippen LogP contribution in [0.4, 0.5) is 5.69 Å². The summed E-state index contributed by atoms with van der Waals surface area (Å²) in [5.41, 5.74) is 0.729. The van der Waals surface area contributed by atoms with Crippen molar-refractivity contribution in [3.63, 3.8) is 0 Å². The lowest BCUT2D eigenvalue weighted by Crippen LogP contribution is -2.45. The first kappa shape index (κ1) is 23.4. The van der Waals surface area contributed by atoms with E-state index in [1.165, 1.54) is 0 Å². The fraction of sp³-hybridized carbons (Fsp3) is 0.565. The van der Waals surface area contributed by atoms with Gasteiger partial charge >= 0.3 is 0 Å². The van der Waals surface area contributed by atoms with Gasteiger partial charge in [0, 0.05) is 44.7 Å². The highest BCUT2D eigenvalue weighted by Gasteiger charge is 2.28. The quantitative estimate of drug-likeness (QED) is 0.598. The van der Waals surface area contributed by atoms with Gasteiger partial charge in [-0.15, -0.1) is 0 Å². The third-order valence-electron chi connectivity index (χ3n) is 5.34. The monoisotopic (exact) mass is 412 g/mol. The minimum absolute atomic E-state index is 0.0174. The molecule has 1 aliphatic rings. The molecule has 1 heterocycles. The number of hydrogen-bond acceptors (Lipinski definition) is 4. The summed E-state index contributed by atoms with van der Waals surface area (Å²) in [4.78, 5) is 41.0. The van der Waals surface area contributed by atoms with Crippen LogP contribution >= 0.6 is 0 Å². The molecule has 1 atom stereocenters. The van der Waals surface area contributed by atoms with Crippen LogP contribution in [-0.2, 0) is 14.4 Å². The number of anilines is 1. The maximum absolute atomic E-state index is 12.7. The van der Waals surface area contributed by atoms with Crippen LogP contribution in [0.15, 0.2) is 30.3 Å². The zero-order chi connectivity index (χ0) is 21.8. The molecule has 7 heteroatoms. The standard InChI is InChI=1S/C23H32N4O3/c1-2-3-15-25-23(30)19-9-7-16-26(18-19)21(28)12-13-22(29)27(17-8-14-24)20-10-5-4-6-11-20/h4-6,10-11,19H,2-3,7-9,12-13,15-18H2,1H3,(H,25,30). The number of amides is 3. The first-order valence-electron chi connectivity index (χ1n) is 10.8. The van der Waals surface area contributed by atoms with Gasteiger partial charge in [-0.3, -0.25) is 14.4 Å². The Hall–Kier alpha value is -2.88. The van der Waals surface area contributed by atoms with Crippen molar-refractivity contribution in [1.29, 1.82) is 5.26 Å². The molecule has 1 N–H and O–H groups in total. The zero-order valence-corrected chi connectivity index (χ0v) is 17.8. The maximum Gasteiger partial charge on any atom is 0.227 e. The van der Waals surface area contributed by atoms with Crippen molar-refractivity contribution >= 4 is 23.4 Å². The van der Waals surface area contributed by atoms with Crippen molar-refractivity contribution < 1.29 is 14.4 Å². The molecule has 3 amide bonds. The number of para-hydroxylation sites is 1. The number of carbonyl (C=O) groups is 3. The van der Waals surface area contributed by atoms with E-state index in [2.05, 4.69) is 18.3 Å². The molecule has 1 unspecified atom stereocenters. The Morgan fingerprint density at radius 2 is 2.00 bits per heavy atom. The largest absolute Gasteiger partial charge is 0.356 e. The molecule has 1 aliphatic heterocycles. The summed E-state index contributed by atoms with van der Waals surface area (Å²) >= 11 is 0. The van der Waals surface area contributed by atoms with Gasteiger partial charge in [0.25, 0.3) is 0 Å². The Bertz CT molecular complexity index is 745. The van der Waals surface area contributed by atoms with Gasteiger partial charge in [0.1, 0.15) is 0 Å². The molecule has 162 valence electrons. The molecule has 0 aromatic heterocycles. The van der Waals surface area contributed by atoms with Crippen LogP contribution < -0.4 is 10.2 Å². The van der Waals surface area contributed by atoms with Gasteiger partial charge in [-0.05, 0) is 31.4 Å². The smallest absolute Gasteiger partial charge is 0.227 e. The SMILES string of the molecule is CCCCNC(=O)C1CCCN(C(=O)CCC(=O)N(CCC#N)c2ccccc2)C1. The lowest BCUT2D eigenvalue weighted by molar-refractivity contribution is -0.137. The highest BCUT2D eigenvalue weighted by Crippen LogP contribution is 2.19. The van der Waals surface area contributed by atoms with Gasteiger partial charge in [0.2, 0.25) is 17.7 Å². The second-order valence-electron chi connectivity index (χ2n) is 7.61. The van der Waals surface area contributed by atoms with Crippen molar-refractivity contribution in [3.05, 3.63) is 30.3 Å². The number of rotatable bonds is 10. The molecule has 0 saturated carbocycles. The van der Waals surface area contributed by atoms with Crippen molar-refractivity contribution in [3.8, 4) is 6.07 Å². The Morgan fingerprint density at radius 1 is 1.23 bits per heavy atom. The second-order valence-corrected chi connectivity index (χ2v) is 7.61. The normalized spacial score (nSPS) is 15.9. The van der Waals surface area contributed by atoms with Crippen molar-refractivity contribution in [1.82, 2.24) is 10.2 Å². The molecule has 1 aromatic carbocycles. The number of benzene rings is 1. The molecule has 1 saturated heterocycles. The van der Waals surface area contributed by atoms with Crippen LogP contribution in [0.2, 0.25) is 0 Å². The lowest BCUT2D eigenvalue weighted by Gasteiger charge is -2.32. The van der Waals surface area contributed by atoms with E-state index in [0.29, 0.717) is 26.2 Å². The fourth-order valence-electron chi connectivity index (χ4n) is 3.62. The highest BCUT2D eigenvalue weighted by atomic mass is 16.2. The first-order chi connectivity index (χ1) is 14.6. The summed E-state index contributed by atoms with van der Waals surface area (Å²) < 4.78 is 0. The van der Waals surface area contributed by atoms with Crippen LogP contribution in [-0.4, -0.2) is 48.8 Å². The third-order valence-corrected chi connectivity index (χ3v) is 5.34. The van der Waals surface area contributed by atoms with Gasteiger partial charge < -0.3 is 15.1 Å². The molecular weight excluding hydrogens is 380 g/mol. The van der Waals surface area contributed by atoms with Crippen molar-refractivity contribution in [2.75, 3.05) is 31.1 Å². The Kier molecular flexibility index (Phi) is 9.85. The summed E-state index contributed by atoms with van der Waals surface area (Å²) in [6.07, 6.45) is 3.99. The fourth-order valence-corrected chi connectivity index (χ4v) is 3.62. The number of carbonyl (C=O) groups excluding carboxylic acids is 3. The Morgan fingerprint density at radius 3 is 2.70 bits per heavy atom. The van der Waals surface area contributed by atoms with E-state index in [4.69, 9.17) is 5.26 Å². The number of hydrogen-bond donors (Lipinski definition) is 1. The summed E-state index contributed by atoms with van der Waals surface area (Å²) in [7, 11) is 0. The number of piperidine rings is 1. The molecule has 2 rings (SSSR count). The molecule has 0 spiro atoms. The molecule has 0 aliphatic carbocycles. The number of nitrogens with zero attached hydrogens (tertiary/aromatic N) is 3. The first-order valence-corrected chi connectivity index (χ1v) is 10.8. The van der Waals surface area contributed by atoms with Gasteiger partial charge in [-0.25, -0.2) is 0 Å². The molecule has 1 fully saturated rings. The topological polar surface area (TPSA) is 93.5 Å². The van der Waals surface area contributed by atoms with Gasteiger partial charge in [0.05, 0.1) is 18.4 Å². The van der Waals surface area contributed by atoms with Crippen LogP contribution in [0.3, 0.4) is 0 Å². The van der Waals surface area contributed by atoms with Crippen LogP contribution in [0.25, 0.3) is 0 Å². The Balaban J connectivity index is 1.87. The van der Waals surface area contributed by atoms with Crippen LogP contribution in [0.5, 0.6) is 0 Å². The van der Waals surface area contributed by atoms with E-state index in [1.807, 2.05) is 30.3 Å². The summed E-state index contributed by atoms with van der Waals surface area (Å²) in [6, 6.07) is 11.3. The minimum atomic E-state index is -0.174. The van der Waals surface area contributed by atoms with Crippen molar-refractivity contribution in [2.24, 2.45) is 5.92 Å². The van der Waals surface area contributed by atoms with E-state index in [-0.39, 0.29) is 42.9 Å². The summed E-state index contributed by atoms with van der Waals surface area (Å²) in [5.74, 6) is -0.422. The Labute approximate surface area is 179 Å². The predicted octanol–water partition coefficient (Wildman–Crippen LogP) is 2.87. The third kappa shape index (κ3) is 7.18. The predicted molar refractivity (Wildman–Crippen MR) is 115 cm³/mol. The molecule has 0 radical (unpaired) electrons. The summed E-state index contributed by atoms with van der Waals surface area (Å²) in [6.45, 7) is 4.10. The highest BCUT2D eigenvalue weighted by molar-refractivity contribution is 5.95. The number of nitrogens with one attached hydrogen (secondary N) is 1. The van der Waals surface area contributed by atoms with Crippen molar-refractivity contribution in [2.45, 2.75) is 51.9 Å². The zero-order valence-electron chi connectivity index (χ0n) is 17.8. The molecular formula is C23H32N4O3. The molecule has 30 heavy (non-hydrogen) atoms. The number of nitriles is 1. The molecule has 0 bridgehead atoms.